The van der Waals surface area contributed by atoms with Crippen LogP contribution in [0.2, 0.25) is 0 Å². The monoisotopic (exact) mass is 309 g/mol. The average molecular weight is 309 g/mol. The van der Waals surface area contributed by atoms with Gasteiger partial charge in [-0.15, -0.1) is 11.3 Å². The van der Waals surface area contributed by atoms with Gasteiger partial charge in [0.1, 0.15) is 0 Å². The van der Waals surface area contributed by atoms with E-state index in [0.717, 1.165) is 23.3 Å². The molecule has 5 nitrogen and oxygen atoms in total. The first kappa shape index (κ1) is 16.1. The lowest BCUT2D eigenvalue weighted by Gasteiger charge is -2.25. The summed E-state index contributed by atoms with van der Waals surface area (Å²) in [5, 5.41) is 9.93. The number of nitrogens with one attached hydrogen (secondary N) is 2. The van der Waals surface area contributed by atoms with Crippen LogP contribution in [0.25, 0.3) is 0 Å². The standard InChI is InChI=1S/C15H27N5S/c1-15(7-5-6-8-15)11-18-13(16-2)17-9-12-10-21-14(19-12)20(3)4/h10H,5-9,11H2,1-4H3,(H2,16,17,18). The lowest BCUT2D eigenvalue weighted by molar-refractivity contribution is 0.334. The molecule has 0 unspecified atom stereocenters. The Bertz CT molecular complexity index is 474. The van der Waals surface area contributed by atoms with Gasteiger partial charge in [-0.2, -0.15) is 0 Å². The number of nitrogens with zero attached hydrogens (tertiary/aromatic N) is 3. The van der Waals surface area contributed by atoms with E-state index in [9.17, 15) is 0 Å². The second-order valence-electron chi connectivity index (χ2n) is 6.31. The number of hydrogen-bond acceptors (Lipinski definition) is 4. The highest BCUT2D eigenvalue weighted by molar-refractivity contribution is 7.13. The van der Waals surface area contributed by atoms with Crippen LogP contribution in [-0.4, -0.2) is 38.6 Å². The molecule has 0 aliphatic heterocycles. The van der Waals surface area contributed by atoms with E-state index in [1.54, 1.807) is 11.3 Å². The summed E-state index contributed by atoms with van der Waals surface area (Å²) >= 11 is 1.66. The van der Waals surface area contributed by atoms with Gasteiger partial charge in [0.15, 0.2) is 11.1 Å². The second-order valence-corrected chi connectivity index (χ2v) is 7.15. The van der Waals surface area contributed by atoms with Gasteiger partial charge in [-0.3, -0.25) is 4.99 Å². The zero-order valence-electron chi connectivity index (χ0n) is 13.6. The van der Waals surface area contributed by atoms with Crippen LogP contribution in [0.3, 0.4) is 0 Å². The Balaban J connectivity index is 1.79. The molecule has 2 rings (SSSR count). The van der Waals surface area contributed by atoms with E-state index >= 15 is 0 Å². The molecule has 1 aliphatic carbocycles. The largest absolute Gasteiger partial charge is 0.356 e. The molecule has 1 aliphatic rings. The minimum Gasteiger partial charge on any atom is -0.356 e. The first-order valence-corrected chi connectivity index (χ1v) is 8.47. The third kappa shape index (κ3) is 4.59. The van der Waals surface area contributed by atoms with Crippen LogP contribution >= 0.6 is 11.3 Å². The van der Waals surface area contributed by atoms with Crippen LogP contribution in [0.4, 0.5) is 5.13 Å². The number of thiazole rings is 1. The van der Waals surface area contributed by atoms with Crippen LogP contribution < -0.4 is 15.5 Å². The van der Waals surface area contributed by atoms with Crippen molar-refractivity contribution in [1.82, 2.24) is 15.6 Å². The molecule has 1 aromatic rings. The molecule has 21 heavy (non-hydrogen) atoms. The van der Waals surface area contributed by atoms with Crippen molar-refractivity contribution in [3.63, 3.8) is 0 Å². The molecule has 0 aromatic carbocycles. The molecule has 0 saturated heterocycles. The molecule has 0 radical (unpaired) electrons. The highest BCUT2D eigenvalue weighted by Crippen LogP contribution is 2.36. The molecule has 0 amide bonds. The number of aliphatic imine (C=N–C) groups is 1. The summed E-state index contributed by atoms with van der Waals surface area (Å²) in [7, 11) is 5.84. The van der Waals surface area contributed by atoms with Crippen molar-refractivity contribution >= 4 is 22.4 Å². The predicted molar refractivity (Wildman–Crippen MR) is 91.2 cm³/mol. The zero-order valence-corrected chi connectivity index (χ0v) is 14.4. The summed E-state index contributed by atoms with van der Waals surface area (Å²) in [5.74, 6) is 0.863. The van der Waals surface area contributed by atoms with E-state index in [0.29, 0.717) is 12.0 Å². The molecule has 0 atom stereocenters. The summed E-state index contributed by atoms with van der Waals surface area (Å²) in [5.41, 5.74) is 1.48. The average Bonchev–Trinajstić information content (AvgIpc) is 3.08. The van der Waals surface area contributed by atoms with Crippen LogP contribution in [0, 0.1) is 5.41 Å². The third-order valence-corrected chi connectivity index (χ3v) is 5.13. The smallest absolute Gasteiger partial charge is 0.191 e. The fraction of sp³-hybridized carbons (Fsp3) is 0.733. The van der Waals surface area contributed by atoms with E-state index in [1.807, 2.05) is 26.0 Å². The SMILES string of the molecule is CN=C(NCc1csc(N(C)C)n1)NCC1(C)CCCC1. The Morgan fingerprint density at radius 2 is 2.10 bits per heavy atom. The van der Waals surface area contributed by atoms with Gasteiger partial charge in [0, 0.05) is 33.1 Å². The summed E-state index contributed by atoms with van der Waals surface area (Å²) in [6, 6.07) is 0. The maximum atomic E-state index is 4.57. The summed E-state index contributed by atoms with van der Waals surface area (Å²) in [6.45, 7) is 4.07. The Kier molecular flexibility index (Phi) is 5.45. The van der Waals surface area contributed by atoms with Crippen molar-refractivity contribution in [2.45, 2.75) is 39.2 Å². The Morgan fingerprint density at radius 1 is 1.38 bits per heavy atom. The number of guanidine groups is 1. The summed E-state index contributed by atoms with van der Waals surface area (Å²) in [4.78, 5) is 10.9. The number of anilines is 1. The normalized spacial score (nSPS) is 17.8. The molecular formula is C15H27N5S. The van der Waals surface area contributed by atoms with Crippen molar-refractivity contribution in [3.05, 3.63) is 11.1 Å². The molecule has 118 valence electrons. The van der Waals surface area contributed by atoms with Gasteiger partial charge in [-0.25, -0.2) is 4.98 Å². The number of rotatable bonds is 5. The van der Waals surface area contributed by atoms with Gasteiger partial charge in [0.05, 0.1) is 12.2 Å². The van der Waals surface area contributed by atoms with Crippen LogP contribution in [-0.2, 0) is 6.54 Å². The third-order valence-electron chi connectivity index (χ3n) is 4.08. The molecule has 0 bridgehead atoms. The summed E-state index contributed by atoms with van der Waals surface area (Å²) < 4.78 is 0. The van der Waals surface area contributed by atoms with E-state index in [4.69, 9.17) is 0 Å². The van der Waals surface area contributed by atoms with Gasteiger partial charge in [0.2, 0.25) is 0 Å². The van der Waals surface area contributed by atoms with Crippen LogP contribution in [0.15, 0.2) is 10.4 Å². The Hall–Kier alpha value is -1.30. The van der Waals surface area contributed by atoms with Crippen molar-refractivity contribution in [2.24, 2.45) is 10.4 Å². The highest BCUT2D eigenvalue weighted by Gasteiger charge is 2.28. The Labute approximate surface area is 131 Å². The minimum atomic E-state index is 0.427. The molecule has 6 heteroatoms. The van der Waals surface area contributed by atoms with E-state index in [1.165, 1.54) is 25.7 Å². The zero-order chi connectivity index (χ0) is 15.3. The van der Waals surface area contributed by atoms with Crippen molar-refractivity contribution in [1.29, 1.82) is 0 Å². The van der Waals surface area contributed by atoms with Gasteiger partial charge in [-0.05, 0) is 18.3 Å². The molecule has 1 fully saturated rings. The number of aromatic nitrogens is 1. The first-order valence-electron chi connectivity index (χ1n) is 7.59. The second kappa shape index (κ2) is 7.11. The fourth-order valence-electron chi connectivity index (χ4n) is 2.68. The lowest BCUT2D eigenvalue weighted by atomic mass is 9.89. The molecule has 1 aromatic heterocycles. The van der Waals surface area contributed by atoms with Crippen LogP contribution in [0.5, 0.6) is 0 Å². The van der Waals surface area contributed by atoms with Crippen LogP contribution in [0.1, 0.15) is 38.3 Å². The molecule has 0 spiro atoms. The number of hydrogen-bond donors (Lipinski definition) is 2. The van der Waals surface area contributed by atoms with Crippen molar-refractivity contribution in [2.75, 3.05) is 32.6 Å². The van der Waals surface area contributed by atoms with Gasteiger partial charge in [-0.1, -0.05) is 19.8 Å². The fourth-order valence-corrected chi connectivity index (χ4v) is 3.44. The Morgan fingerprint density at radius 3 is 2.67 bits per heavy atom. The predicted octanol–water partition coefficient (Wildman–Crippen LogP) is 2.45. The first-order chi connectivity index (χ1) is 10.0. The van der Waals surface area contributed by atoms with E-state index in [2.05, 4.69) is 32.9 Å². The maximum absolute atomic E-state index is 4.57. The highest BCUT2D eigenvalue weighted by atomic mass is 32.1. The molecule has 2 N–H and O–H groups in total. The topological polar surface area (TPSA) is 52.6 Å². The minimum absolute atomic E-state index is 0.427. The van der Waals surface area contributed by atoms with Gasteiger partial charge < -0.3 is 15.5 Å². The van der Waals surface area contributed by atoms with Crippen molar-refractivity contribution < 1.29 is 0 Å². The molecular weight excluding hydrogens is 282 g/mol. The maximum Gasteiger partial charge on any atom is 0.191 e. The van der Waals surface area contributed by atoms with E-state index < -0.39 is 0 Å². The molecule has 1 saturated carbocycles. The summed E-state index contributed by atoms with van der Waals surface area (Å²) in [6.07, 6.45) is 5.34. The quantitative estimate of drug-likeness (QED) is 0.648. The van der Waals surface area contributed by atoms with Crippen molar-refractivity contribution in [3.8, 4) is 0 Å². The molecule has 1 heterocycles. The van der Waals surface area contributed by atoms with E-state index in [-0.39, 0.29) is 0 Å². The van der Waals surface area contributed by atoms with Gasteiger partial charge in [0.25, 0.3) is 0 Å². The van der Waals surface area contributed by atoms with Gasteiger partial charge >= 0.3 is 0 Å². The lowest BCUT2D eigenvalue weighted by Crippen LogP contribution is -2.41.